The summed E-state index contributed by atoms with van der Waals surface area (Å²) < 4.78 is 22.2. The lowest BCUT2D eigenvalue weighted by molar-refractivity contribution is 0.274. The number of hydrogen-bond donors (Lipinski definition) is 1. The van der Waals surface area contributed by atoms with Crippen LogP contribution in [0.3, 0.4) is 0 Å². The van der Waals surface area contributed by atoms with Crippen LogP contribution >= 0.6 is 11.8 Å². The number of hydrogen-bond acceptors (Lipinski definition) is 3. The van der Waals surface area contributed by atoms with Crippen LogP contribution in [0.2, 0.25) is 0 Å². The fourth-order valence-corrected chi connectivity index (χ4v) is 4.08. The lowest BCUT2D eigenvalue weighted by Gasteiger charge is -2.27. The Labute approximate surface area is 165 Å². The highest BCUT2D eigenvalue weighted by molar-refractivity contribution is 6.13. The van der Waals surface area contributed by atoms with Crippen LogP contribution in [-0.2, 0) is 6.61 Å². The van der Waals surface area contributed by atoms with Crippen molar-refractivity contribution in [3.05, 3.63) is 65.5 Å². The van der Waals surface area contributed by atoms with Crippen LogP contribution in [0.25, 0.3) is 0 Å². The van der Waals surface area contributed by atoms with Crippen molar-refractivity contribution < 1.29 is 9.13 Å². The van der Waals surface area contributed by atoms with Crippen molar-refractivity contribution in [2.24, 2.45) is 5.92 Å². The Morgan fingerprint density at radius 1 is 1.07 bits per heavy atom. The lowest BCUT2D eigenvalue weighted by Crippen LogP contribution is -2.33. The second-order valence-electron chi connectivity index (χ2n) is 7.64. The molecule has 1 aliphatic carbocycles. The van der Waals surface area contributed by atoms with Crippen LogP contribution in [-0.4, -0.2) is 30.1 Å². The molecule has 3 nitrogen and oxygen atoms in total. The van der Waals surface area contributed by atoms with E-state index in [1.165, 1.54) is 6.07 Å². The second kappa shape index (κ2) is 8.59. The molecule has 2 aliphatic rings. The smallest absolute Gasteiger partial charge is 0.165 e. The van der Waals surface area contributed by atoms with Gasteiger partial charge in [-0.15, -0.1) is 0 Å². The molecule has 2 fully saturated rings. The van der Waals surface area contributed by atoms with E-state index in [4.69, 9.17) is 16.5 Å². The van der Waals surface area contributed by atoms with Gasteiger partial charge in [-0.25, -0.2) is 8.81 Å². The van der Waals surface area contributed by atoms with Gasteiger partial charge in [-0.2, -0.15) is 0 Å². The highest BCUT2D eigenvalue weighted by Gasteiger charge is 2.40. The third kappa shape index (κ3) is 4.81. The summed E-state index contributed by atoms with van der Waals surface area (Å²) in [6, 6.07) is 15.6. The molecule has 1 saturated carbocycles. The number of benzene rings is 2. The van der Waals surface area contributed by atoms with E-state index >= 15 is 0 Å². The summed E-state index contributed by atoms with van der Waals surface area (Å²) in [5, 5.41) is 3.67. The van der Waals surface area contributed by atoms with Crippen molar-refractivity contribution in [3.63, 3.8) is 0 Å². The molecule has 2 aromatic carbocycles. The number of halogens is 2. The summed E-state index contributed by atoms with van der Waals surface area (Å²) in [6.07, 6.45) is 3.32. The summed E-state index contributed by atoms with van der Waals surface area (Å²) in [4.78, 5) is 0. The quantitative estimate of drug-likeness (QED) is 0.695. The Balaban J connectivity index is 1.34. The molecule has 1 heterocycles. The predicted molar refractivity (Wildman–Crippen MR) is 106 cm³/mol. The van der Waals surface area contributed by atoms with Crippen molar-refractivity contribution in [3.8, 4) is 5.75 Å². The molecule has 0 aromatic heterocycles. The maximum Gasteiger partial charge on any atom is 0.165 e. The number of rotatable bonds is 7. The second-order valence-corrected chi connectivity index (χ2v) is 8.12. The van der Waals surface area contributed by atoms with E-state index in [0.29, 0.717) is 30.2 Å². The summed E-state index contributed by atoms with van der Waals surface area (Å²) >= 11 is 6.03. The molecule has 144 valence electrons. The van der Waals surface area contributed by atoms with Gasteiger partial charge in [-0.05, 0) is 55.1 Å². The Hall–Kier alpha value is -1.62. The minimum atomic E-state index is -0.274. The summed E-state index contributed by atoms with van der Waals surface area (Å²) in [5.74, 6) is 1.15. The Bertz CT molecular complexity index is 749. The van der Waals surface area contributed by atoms with Crippen LogP contribution in [0.15, 0.2) is 48.5 Å². The van der Waals surface area contributed by atoms with Crippen molar-refractivity contribution in [2.75, 3.05) is 19.6 Å². The van der Waals surface area contributed by atoms with Gasteiger partial charge in [0.2, 0.25) is 0 Å². The monoisotopic (exact) mass is 388 g/mol. The van der Waals surface area contributed by atoms with Gasteiger partial charge in [0, 0.05) is 30.6 Å². The normalized spacial score (nSPS) is 23.3. The molecule has 4 rings (SSSR count). The van der Waals surface area contributed by atoms with Crippen LogP contribution in [0.1, 0.15) is 36.3 Å². The lowest BCUT2D eigenvalue weighted by atomic mass is 9.98. The molecule has 0 radical (unpaired) electrons. The molecule has 2 atom stereocenters. The minimum Gasteiger partial charge on any atom is -0.486 e. The Kier molecular flexibility index (Phi) is 5.96. The SMILES string of the molecule is Fc1cccc([C@H]2C[C@@H]2NCC2CCN(Cl)CC2)c1OCc1ccccc1. The third-order valence-corrected chi connectivity index (χ3v) is 5.98. The van der Waals surface area contributed by atoms with Crippen molar-refractivity contribution in [1.82, 2.24) is 9.74 Å². The van der Waals surface area contributed by atoms with E-state index in [2.05, 4.69) is 5.32 Å². The zero-order chi connectivity index (χ0) is 18.6. The average molecular weight is 389 g/mol. The molecule has 0 bridgehead atoms. The molecule has 1 aliphatic heterocycles. The highest BCUT2D eigenvalue weighted by Crippen LogP contribution is 2.45. The van der Waals surface area contributed by atoms with E-state index in [1.807, 2.05) is 40.8 Å². The average Bonchev–Trinajstić information content (AvgIpc) is 3.47. The van der Waals surface area contributed by atoms with Gasteiger partial charge >= 0.3 is 0 Å². The van der Waals surface area contributed by atoms with Gasteiger partial charge in [0.25, 0.3) is 0 Å². The minimum absolute atomic E-state index is 0.274. The summed E-state index contributed by atoms with van der Waals surface area (Å²) in [7, 11) is 0. The zero-order valence-electron chi connectivity index (χ0n) is 15.4. The van der Waals surface area contributed by atoms with E-state index < -0.39 is 0 Å². The van der Waals surface area contributed by atoms with Crippen LogP contribution < -0.4 is 10.1 Å². The van der Waals surface area contributed by atoms with E-state index in [1.54, 1.807) is 6.07 Å². The Morgan fingerprint density at radius 2 is 1.85 bits per heavy atom. The number of ether oxygens (including phenoxy) is 1. The van der Waals surface area contributed by atoms with Gasteiger partial charge < -0.3 is 10.1 Å². The first-order valence-corrected chi connectivity index (χ1v) is 10.1. The number of nitrogens with zero attached hydrogens (tertiary/aromatic N) is 1. The van der Waals surface area contributed by atoms with E-state index in [9.17, 15) is 4.39 Å². The molecular formula is C22H26ClFN2O. The van der Waals surface area contributed by atoms with Gasteiger partial charge in [0.1, 0.15) is 6.61 Å². The Morgan fingerprint density at radius 3 is 2.63 bits per heavy atom. The van der Waals surface area contributed by atoms with Crippen LogP contribution in [0.5, 0.6) is 5.75 Å². The van der Waals surface area contributed by atoms with Gasteiger partial charge in [-0.3, -0.25) is 0 Å². The van der Waals surface area contributed by atoms with Gasteiger partial charge in [0.05, 0.1) is 0 Å². The fourth-order valence-electron chi connectivity index (χ4n) is 3.89. The molecule has 0 amide bonds. The molecule has 5 heteroatoms. The third-order valence-electron chi connectivity index (χ3n) is 5.64. The fraction of sp³-hybridized carbons (Fsp3) is 0.455. The van der Waals surface area contributed by atoms with E-state index in [0.717, 1.165) is 50.0 Å². The zero-order valence-corrected chi connectivity index (χ0v) is 16.2. The standard InChI is InChI=1S/C22H26ClFN2O/c23-26-11-9-16(10-12-26)14-25-21-13-19(21)18-7-4-8-20(24)22(18)27-15-17-5-2-1-3-6-17/h1-8,16,19,21,25H,9-15H2/t19-,21+/m1/s1. The predicted octanol–water partition coefficient (Wildman–Crippen LogP) is 4.72. The maximum absolute atomic E-state index is 14.4. The van der Waals surface area contributed by atoms with Gasteiger partial charge in [0.15, 0.2) is 11.6 Å². The first kappa shape index (κ1) is 18.7. The number of nitrogens with one attached hydrogen (secondary N) is 1. The number of piperidine rings is 1. The van der Waals surface area contributed by atoms with E-state index in [-0.39, 0.29) is 5.82 Å². The molecule has 0 unspecified atom stereocenters. The van der Waals surface area contributed by atoms with Crippen molar-refractivity contribution in [2.45, 2.75) is 37.8 Å². The molecule has 27 heavy (non-hydrogen) atoms. The van der Waals surface area contributed by atoms with Crippen molar-refractivity contribution in [1.29, 1.82) is 0 Å². The number of para-hydroxylation sites is 1. The molecule has 2 aromatic rings. The van der Waals surface area contributed by atoms with Gasteiger partial charge in [-0.1, -0.05) is 42.5 Å². The molecular weight excluding hydrogens is 363 g/mol. The summed E-state index contributed by atoms with van der Waals surface area (Å²) in [5.41, 5.74) is 2.03. The first-order chi connectivity index (χ1) is 13.2. The molecule has 1 saturated heterocycles. The first-order valence-electron chi connectivity index (χ1n) is 9.80. The van der Waals surface area contributed by atoms with Crippen LogP contribution in [0, 0.1) is 11.7 Å². The molecule has 0 spiro atoms. The largest absolute Gasteiger partial charge is 0.486 e. The maximum atomic E-state index is 14.4. The van der Waals surface area contributed by atoms with Crippen LogP contribution in [0.4, 0.5) is 4.39 Å². The van der Waals surface area contributed by atoms with Crippen molar-refractivity contribution >= 4 is 11.8 Å². The highest BCUT2D eigenvalue weighted by atomic mass is 35.5. The molecule has 1 N–H and O–H groups in total. The summed E-state index contributed by atoms with van der Waals surface area (Å²) in [6.45, 7) is 3.32. The topological polar surface area (TPSA) is 24.5 Å².